The Kier molecular flexibility index (Phi) is 5.25. The standard InChI is InChI=1S/C16H24N4O2S/c1-2-7-17-14(21)8-20-15(12-9-23-10-13(12)19-20)18-16(22)11-5-3-4-6-11/h11H,2-10H2,1H3,(H,17,21)(H,18,22). The number of thioether (sulfide) groups is 1. The number of amides is 2. The highest BCUT2D eigenvalue weighted by Gasteiger charge is 2.28. The molecule has 0 saturated heterocycles. The molecule has 0 unspecified atom stereocenters. The summed E-state index contributed by atoms with van der Waals surface area (Å²) in [7, 11) is 0. The van der Waals surface area contributed by atoms with E-state index in [2.05, 4.69) is 15.7 Å². The van der Waals surface area contributed by atoms with Gasteiger partial charge in [0.2, 0.25) is 11.8 Å². The van der Waals surface area contributed by atoms with Gasteiger partial charge in [-0.05, 0) is 19.3 Å². The second-order valence-corrected chi connectivity index (χ2v) is 7.23. The third-order valence-corrected chi connectivity index (χ3v) is 5.42. The summed E-state index contributed by atoms with van der Waals surface area (Å²) in [6.45, 7) is 2.85. The van der Waals surface area contributed by atoms with Crippen molar-refractivity contribution >= 4 is 29.4 Å². The van der Waals surface area contributed by atoms with Gasteiger partial charge in [0.25, 0.3) is 0 Å². The second-order valence-electron chi connectivity index (χ2n) is 6.24. The highest BCUT2D eigenvalue weighted by Crippen LogP contribution is 2.35. The molecule has 1 fully saturated rings. The van der Waals surface area contributed by atoms with Gasteiger partial charge in [0.05, 0.1) is 5.69 Å². The van der Waals surface area contributed by atoms with Gasteiger partial charge in [-0.3, -0.25) is 9.59 Å². The van der Waals surface area contributed by atoms with Crippen molar-refractivity contribution in [2.75, 3.05) is 11.9 Å². The number of nitrogens with zero attached hydrogens (tertiary/aromatic N) is 2. The predicted octanol–water partition coefficient (Wildman–Crippen LogP) is 2.28. The molecule has 3 rings (SSSR count). The van der Waals surface area contributed by atoms with Crippen molar-refractivity contribution in [3.05, 3.63) is 11.3 Å². The maximum atomic E-state index is 12.5. The third-order valence-electron chi connectivity index (χ3n) is 4.45. The van der Waals surface area contributed by atoms with Crippen molar-refractivity contribution in [1.29, 1.82) is 0 Å². The summed E-state index contributed by atoms with van der Waals surface area (Å²) in [4.78, 5) is 24.5. The molecule has 0 bridgehead atoms. The van der Waals surface area contributed by atoms with Crippen LogP contribution in [0.2, 0.25) is 0 Å². The van der Waals surface area contributed by atoms with Crippen LogP contribution in [0, 0.1) is 5.92 Å². The summed E-state index contributed by atoms with van der Waals surface area (Å²) in [5, 5.41) is 10.5. The molecular formula is C16H24N4O2S. The van der Waals surface area contributed by atoms with Gasteiger partial charge in [-0.15, -0.1) is 0 Å². The zero-order valence-electron chi connectivity index (χ0n) is 13.6. The highest BCUT2D eigenvalue weighted by atomic mass is 32.2. The maximum absolute atomic E-state index is 12.5. The summed E-state index contributed by atoms with van der Waals surface area (Å²) < 4.78 is 1.67. The highest BCUT2D eigenvalue weighted by molar-refractivity contribution is 7.98. The maximum Gasteiger partial charge on any atom is 0.241 e. The van der Waals surface area contributed by atoms with Crippen molar-refractivity contribution < 1.29 is 9.59 Å². The van der Waals surface area contributed by atoms with Gasteiger partial charge in [-0.1, -0.05) is 19.8 Å². The van der Waals surface area contributed by atoms with Crippen LogP contribution in [0.15, 0.2) is 0 Å². The molecule has 2 N–H and O–H groups in total. The minimum Gasteiger partial charge on any atom is -0.355 e. The molecule has 1 saturated carbocycles. The molecule has 0 spiro atoms. The largest absolute Gasteiger partial charge is 0.355 e. The Morgan fingerprint density at radius 3 is 2.83 bits per heavy atom. The number of hydrogen-bond acceptors (Lipinski definition) is 4. The summed E-state index contributed by atoms with van der Waals surface area (Å²) >= 11 is 1.80. The van der Waals surface area contributed by atoms with Crippen molar-refractivity contribution in [3.63, 3.8) is 0 Å². The number of aromatic nitrogens is 2. The molecule has 1 aliphatic carbocycles. The zero-order valence-corrected chi connectivity index (χ0v) is 14.4. The average Bonchev–Trinajstić information content (AvgIpc) is 3.24. The molecule has 6 nitrogen and oxygen atoms in total. The van der Waals surface area contributed by atoms with Crippen LogP contribution < -0.4 is 10.6 Å². The minimum atomic E-state index is -0.0583. The number of nitrogens with one attached hydrogen (secondary N) is 2. The summed E-state index contributed by atoms with van der Waals surface area (Å²) in [5.74, 6) is 2.57. The van der Waals surface area contributed by atoms with Crippen molar-refractivity contribution in [3.8, 4) is 0 Å². The Morgan fingerprint density at radius 1 is 1.30 bits per heavy atom. The van der Waals surface area contributed by atoms with Crippen LogP contribution in [-0.4, -0.2) is 28.1 Å². The fourth-order valence-electron chi connectivity index (χ4n) is 3.18. The van der Waals surface area contributed by atoms with Gasteiger partial charge in [0.1, 0.15) is 12.4 Å². The average molecular weight is 336 g/mol. The first-order valence-electron chi connectivity index (χ1n) is 8.43. The van der Waals surface area contributed by atoms with E-state index in [0.717, 1.165) is 60.7 Å². The van der Waals surface area contributed by atoms with Gasteiger partial charge >= 0.3 is 0 Å². The number of carbonyl (C=O) groups excluding carboxylic acids is 2. The molecule has 1 aromatic rings. The van der Waals surface area contributed by atoms with E-state index in [1.54, 1.807) is 16.4 Å². The predicted molar refractivity (Wildman–Crippen MR) is 91.1 cm³/mol. The van der Waals surface area contributed by atoms with E-state index in [4.69, 9.17) is 0 Å². The SMILES string of the molecule is CCCNC(=O)Cn1nc2c(c1NC(=O)C1CCCC1)CSC2. The Hall–Kier alpha value is -1.50. The Morgan fingerprint density at radius 2 is 2.09 bits per heavy atom. The van der Waals surface area contributed by atoms with E-state index in [-0.39, 0.29) is 24.3 Å². The lowest BCUT2D eigenvalue weighted by Crippen LogP contribution is -2.30. The van der Waals surface area contributed by atoms with Gasteiger partial charge < -0.3 is 10.6 Å². The molecule has 0 atom stereocenters. The Labute approximate surface area is 140 Å². The lowest BCUT2D eigenvalue weighted by Gasteiger charge is -2.14. The van der Waals surface area contributed by atoms with Crippen LogP contribution in [0.5, 0.6) is 0 Å². The molecule has 23 heavy (non-hydrogen) atoms. The van der Waals surface area contributed by atoms with E-state index in [9.17, 15) is 9.59 Å². The molecular weight excluding hydrogens is 312 g/mol. The van der Waals surface area contributed by atoms with Crippen molar-refractivity contribution in [1.82, 2.24) is 15.1 Å². The van der Waals surface area contributed by atoms with E-state index in [1.807, 2.05) is 6.92 Å². The Balaban J connectivity index is 1.74. The quantitative estimate of drug-likeness (QED) is 0.836. The van der Waals surface area contributed by atoms with E-state index < -0.39 is 0 Å². The van der Waals surface area contributed by atoms with Crippen LogP contribution in [-0.2, 0) is 27.6 Å². The number of fused-ring (bicyclic) bond motifs is 1. The molecule has 2 aliphatic rings. The first-order chi connectivity index (χ1) is 11.2. The zero-order chi connectivity index (χ0) is 16.2. The molecule has 1 aromatic heterocycles. The summed E-state index contributed by atoms with van der Waals surface area (Å²) in [6, 6.07) is 0. The topological polar surface area (TPSA) is 76.0 Å². The van der Waals surface area contributed by atoms with Gasteiger partial charge in [-0.2, -0.15) is 16.9 Å². The lowest BCUT2D eigenvalue weighted by molar-refractivity contribution is -0.122. The van der Waals surface area contributed by atoms with Crippen LogP contribution in [0.3, 0.4) is 0 Å². The molecule has 1 aliphatic heterocycles. The van der Waals surface area contributed by atoms with E-state index in [0.29, 0.717) is 6.54 Å². The summed E-state index contributed by atoms with van der Waals surface area (Å²) in [6.07, 6.45) is 5.10. The van der Waals surface area contributed by atoms with Crippen LogP contribution in [0.25, 0.3) is 0 Å². The molecule has 0 radical (unpaired) electrons. The van der Waals surface area contributed by atoms with E-state index in [1.165, 1.54) is 0 Å². The third kappa shape index (κ3) is 3.71. The molecule has 7 heteroatoms. The molecule has 126 valence electrons. The number of carbonyl (C=O) groups is 2. The fourth-order valence-corrected chi connectivity index (χ4v) is 4.22. The molecule has 0 aromatic carbocycles. The van der Waals surface area contributed by atoms with Gasteiger partial charge in [0.15, 0.2) is 0 Å². The van der Waals surface area contributed by atoms with Gasteiger partial charge in [0, 0.05) is 29.5 Å². The number of anilines is 1. The summed E-state index contributed by atoms with van der Waals surface area (Å²) in [5.41, 5.74) is 2.09. The molecule has 2 amide bonds. The fraction of sp³-hybridized carbons (Fsp3) is 0.688. The lowest BCUT2D eigenvalue weighted by atomic mass is 10.1. The number of rotatable bonds is 6. The molecule has 2 heterocycles. The van der Waals surface area contributed by atoms with Crippen molar-refractivity contribution in [2.24, 2.45) is 5.92 Å². The Bertz CT molecular complexity index is 593. The monoisotopic (exact) mass is 336 g/mol. The van der Waals surface area contributed by atoms with Crippen LogP contribution in [0.1, 0.15) is 50.3 Å². The smallest absolute Gasteiger partial charge is 0.241 e. The first-order valence-corrected chi connectivity index (χ1v) is 9.58. The van der Waals surface area contributed by atoms with Crippen molar-refractivity contribution in [2.45, 2.75) is 57.1 Å². The number of hydrogen-bond donors (Lipinski definition) is 2. The minimum absolute atomic E-state index is 0.0583. The van der Waals surface area contributed by atoms with Crippen LogP contribution in [0.4, 0.5) is 5.82 Å². The second kappa shape index (κ2) is 7.38. The van der Waals surface area contributed by atoms with Gasteiger partial charge in [-0.25, -0.2) is 4.68 Å². The first kappa shape index (κ1) is 16.4. The van der Waals surface area contributed by atoms with E-state index >= 15 is 0 Å². The van der Waals surface area contributed by atoms with Crippen LogP contribution >= 0.6 is 11.8 Å². The normalized spacial score (nSPS) is 17.3.